The summed E-state index contributed by atoms with van der Waals surface area (Å²) >= 11 is 0. The lowest BCUT2D eigenvalue weighted by molar-refractivity contribution is -0.137. The van der Waals surface area contributed by atoms with Gasteiger partial charge in [-0.25, -0.2) is 19.9 Å². The Kier molecular flexibility index (Phi) is 8.22. The van der Waals surface area contributed by atoms with E-state index in [0.717, 1.165) is 12.1 Å². The number of benzene rings is 2. The zero-order valence-electron chi connectivity index (χ0n) is 24.3. The number of halogens is 6. The van der Waals surface area contributed by atoms with Crippen molar-refractivity contribution in [2.24, 2.45) is 0 Å². The number of alkyl halides is 6. The van der Waals surface area contributed by atoms with Crippen molar-refractivity contribution in [3.63, 3.8) is 0 Å². The van der Waals surface area contributed by atoms with E-state index in [2.05, 4.69) is 30.2 Å². The number of nitrogens with two attached hydrogens (primary N) is 1. The predicted octanol–water partition coefficient (Wildman–Crippen LogP) is 7.06. The van der Waals surface area contributed by atoms with Gasteiger partial charge in [0.2, 0.25) is 0 Å². The summed E-state index contributed by atoms with van der Waals surface area (Å²) in [5, 5.41) is 2.59. The Balaban J connectivity index is 0.000000177. The smallest absolute Gasteiger partial charge is 0.381 e. The molecule has 16 heteroatoms. The molecule has 7 rings (SSSR count). The van der Waals surface area contributed by atoms with Crippen LogP contribution in [0.3, 0.4) is 0 Å². The van der Waals surface area contributed by atoms with Gasteiger partial charge in [0.15, 0.2) is 22.9 Å². The molecule has 0 atom stereocenters. The third-order valence-corrected chi connectivity index (χ3v) is 6.95. The van der Waals surface area contributed by atoms with Gasteiger partial charge in [0.25, 0.3) is 5.91 Å². The Bertz CT molecular complexity index is 2250. The normalized spacial score (nSPS) is 11.7. The maximum atomic E-state index is 13.3. The average Bonchev–Trinajstić information content (AvgIpc) is 3.66. The molecule has 1 amide bonds. The van der Waals surface area contributed by atoms with E-state index in [9.17, 15) is 31.1 Å². The van der Waals surface area contributed by atoms with Crippen LogP contribution in [0.2, 0.25) is 0 Å². The van der Waals surface area contributed by atoms with Gasteiger partial charge in [-0.05, 0) is 36.4 Å². The molecule has 0 saturated heterocycles. The van der Waals surface area contributed by atoms with Gasteiger partial charge in [-0.15, -0.1) is 0 Å². The third-order valence-electron chi connectivity index (χ3n) is 6.95. The summed E-state index contributed by atoms with van der Waals surface area (Å²) in [6.45, 7) is 0. The van der Waals surface area contributed by atoms with E-state index in [-0.39, 0.29) is 45.5 Å². The number of carbonyl (C=O) groups is 1. The molecule has 2 aromatic carbocycles. The second kappa shape index (κ2) is 12.5. The minimum absolute atomic E-state index is 0.0168. The topological polar surface area (TPSA) is 128 Å². The minimum atomic E-state index is -4.51. The van der Waals surface area contributed by atoms with Gasteiger partial charge in [0.05, 0.1) is 22.5 Å². The maximum absolute atomic E-state index is 13.3. The second-order valence-corrected chi connectivity index (χ2v) is 10.1. The highest BCUT2D eigenvalue weighted by Crippen LogP contribution is 2.37. The SMILES string of the molecule is Nc1ncn2ccc(-c3ccccc3C(F)(F)F)nc12.O=C(Nc1ncn2ccc(-c3ccccc3C(F)(F)F)nc12)c1ccccn1. The number of imidazole rings is 2. The Hall–Kier alpha value is -6.32. The number of nitrogens with one attached hydrogen (secondary N) is 1. The van der Waals surface area contributed by atoms with Crippen molar-refractivity contribution >= 4 is 28.8 Å². The summed E-state index contributed by atoms with van der Waals surface area (Å²) < 4.78 is 82.0. The average molecular weight is 662 g/mol. The molecular formula is C32H21F6N9O. The first-order valence-electron chi connectivity index (χ1n) is 13.9. The van der Waals surface area contributed by atoms with E-state index in [1.165, 1.54) is 84.0 Å². The van der Waals surface area contributed by atoms with Crippen LogP contribution in [0.1, 0.15) is 21.6 Å². The van der Waals surface area contributed by atoms with Gasteiger partial charge in [0.1, 0.15) is 18.3 Å². The first-order valence-corrected chi connectivity index (χ1v) is 13.9. The zero-order valence-corrected chi connectivity index (χ0v) is 24.3. The van der Waals surface area contributed by atoms with Gasteiger partial charge < -0.3 is 11.1 Å². The fourth-order valence-electron chi connectivity index (χ4n) is 4.74. The molecular weight excluding hydrogens is 640 g/mol. The summed E-state index contributed by atoms with van der Waals surface area (Å²) in [5.41, 5.74) is 5.14. The molecule has 3 N–H and O–H groups in total. The highest BCUT2D eigenvalue weighted by Gasteiger charge is 2.34. The molecule has 0 aliphatic carbocycles. The third kappa shape index (κ3) is 6.48. The molecule has 242 valence electrons. The van der Waals surface area contributed by atoms with Gasteiger partial charge in [-0.2, -0.15) is 26.3 Å². The summed E-state index contributed by atoms with van der Waals surface area (Å²) in [6.07, 6.45) is -1.49. The van der Waals surface area contributed by atoms with Crippen molar-refractivity contribution < 1.29 is 31.1 Å². The van der Waals surface area contributed by atoms with Gasteiger partial charge in [-0.1, -0.05) is 42.5 Å². The van der Waals surface area contributed by atoms with E-state index in [1.807, 2.05) is 0 Å². The molecule has 5 aromatic heterocycles. The molecule has 0 bridgehead atoms. The Morgan fingerprint density at radius 1 is 0.646 bits per heavy atom. The van der Waals surface area contributed by atoms with E-state index < -0.39 is 29.4 Å². The van der Waals surface area contributed by atoms with Crippen LogP contribution in [0.4, 0.5) is 38.0 Å². The lowest BCUT2D eigenvalue weighted by Gasteiger charge is -2.12. The van der Waals surface area contributed by atoms with Crippen molar-refractivity contribution in [3.8, 4) is 22.5 Å². The fraction of sp³-hybridized carbons (Fsp3) is 0.0625. The predicted molar refractivity (Wildman–Crippen MR) is 163 cm³/mol. The molecule has 0 fully saturated rings. The molecule has 0 saturated carbocycles. The van der Waals surface area contributed by atoms with Crippen LogP contribution in [-0.2, 0) is 12.4 Å². The lowest BCUT2D eigenvalue weighted by Crippen LogP contribution is -2.14. The van der Waals surface area contributed by atoms with Crippen molar-refractivity contribution in [1.82, 2.24) is 33.7 Å². The van der Waals surface area contributed by atoms with Crippen LogP contribution in [0.5, 0.6) is 0 Å². The number of rotatable bonds is 4. The number of nitrogen functional groups attached to an aromatic ring is 1. The Morgan fingerprint density at radius 3 is 1.73 bits per heavy atom. The number of pyridine rings is 1. The Morgan fingerprint density at radius 2 is 1.17 bits per heavy atom. The zero-order chi connectivity index (χ0) is 34.1. The number of anilines is 2. The number of aromatic nitrogens is 7. The van der Waals surface area contributed by atoms with E-state index in [0.29, 0.717) is 5.65 Å². The van der Waals surface area contributed by atoms with Crippen LogP contribution in [0, 0.1) is 0 Å². The number of hydrogen-bond donors (Lipinski definition) is 2. The molecule has 7 aromatic rings. The van der Waals surface area contributed by atoms with E-state index in [1.54, 1.807) is 22.7 Å². The second-order valence-electron chi connectivity index (χ2n) is 10.1. The Labute approximate surface area is 266 Å². The molecule has 0 aliphatic heterocycles. The fourth-order valence-corrected chi connectivity index (χ4v) is 4.74. The van der Waals surface area contributed by atoms with Gasteiger partial charge >= 0.3 is 12.4 Å². The van der Waals surface area contributed by atoms with Crippen molar-refractivity contribution in [3.05, 3.63) is 127 Å². The quantitative estimate of drug-likeness (QED) is 0.193. The molecule has 0 radical (unpaired) electrons. The number of amides is 1. The molecule has 48 heavy (non-hydrogen) atoms. The van der Waals surface area contributed by atoms with Crippen LogP contribution in [-0.4, -0.2) is 39.6 Å². The largest absolute Gasteiger partial charge is 0.417 e. The standard InChI is InChI=1S/C19H12F3N5O.C13H9F3N4/c20-19(21,22)13-6-2-1-5-12(13)14-8-10-27-11-24-16(17(27)25-14)26-18(28)15-7-3-4-9-23-15;14-13(15,16)9-4-2-1-3-8(9)10-5-6-20-7-18-11(17)12(20)19-10/h1-11H,(H,26,28);1-7H,17H2. The van der Waals surface area contributed by atoms with Crippen molar-refractivity contribution in [2.75, 3.05) is 11.1 Å². The first kappa shape index (κ1) is 31.7. The number of hydrogen-bond acceptors (Lipinski definition) is 7. The number of nitrogens with zero attached hydrogens (tertiary/aromatic N) is 7. The minimum Gasteiger partial charge on any atom is -0.381 e. The van der Waals surface area contributed by atoms with E-state index >= 15 is 0 Å². The van der Waals surface area contributed by atoms with Crippen molar-refractivity contribution in [2.45, 2.75) is 12.4 Å². The van der Waals surface area contributed by atoms with Crippen LogP contribution >= 0.6 is 0 Å². The van der Waals surface area contributed by atoms with Gasteiger partial charge in [-0.3, -0.25) is 18.6 Å². The lowest BCUT2D eigenvalue weighted by atomic mass is 10.0. The summed E-state index contributed by atoms with van der Waals surface area (Å²) in [5.74, 6) is -0.192. The molecule has 10 nitrogen and oxygen atoms in total. The first-order chi connectivity index (χ1) is 22.9. The monoisotopic (exact) mass is 661 g/mol. The van der Waals surface area contributed by atoms with Gasteiger partial charge in [0, 0.05) is 29.7 Å². The van der Waals surface area contributed by atoms with Crippen molar-refractivity contribution in [1.29, 1.82) is 0 Å². The molecule has 5 heterocycles. The van der Waals surface area contributed by atoms with E-state index in [4.69, 9.17) is 5.73 Å². The van der Waals surface area contributed by atoms with Crippen LogP contribution in [0.25, 0.3) is 33.8 Å². The molecule has 0 aliphatic rings. The molecule has 0 spiro atoms. The highest BCUT2D eigenvalue weighted by atomic mass is 19.4. The number of carbonyl (C=O) groups excluding carboxylic acids is 1. The summed E-state index contributed by atoms with van der Waals surface area (Å²) in [7, 11) is 0. The summed E-state index contributed by atoms with van der Waals surface area (Å²) in [4.78, 5) is 32.6. The number of fused-ring (bicyclic) bond motifs is 2. The maximum Gasteiger partial charge on any atom is 0.417 e. The molecule has 0 unspecified atom stereocenters. The van der Waals surface area contributed by atoms with Crippen LogP contribution < -0.4 is 11.1 Å². The van der Waals surface area contributed by atoms with Crippen LogP contribution in [0.15, 0.2) is 110 Å². The highest BCUT2D eigenvalue weighted by molar-refractivity contribution is 6.04. The summed E-state index contributed by atoms with van der Waals surface area (Å²) in [6, 6.07) is 18.3.